The van der Waals surface area contributed by atoms with Crippen molar-refractivity contribution in [3.8, 4) is 0 Å². The highest BCUT2D eigenvalue weighted by molar-refractivity contribution is 5.68. The van der Waals surface area contributed by atoms with E-state index in [0.717, 1.165) is 12.8 Å². The van der Waals surface area contributed by atoms with E-state index >= 15 is 0 Å². The summed E-state index contributed by atoms with van der Waals surface area (Å²) in [6.07, 6.45) is 1.59. The highest BCUT2D eigenvalue weighted by Gasteiger charge is 2.32. The van der Waals surface area contributed by atoms with Crippen molar-refractivity contribution in [2.75, 3.05) is 13.2 Å². The summed E-state index contributed by atoms with van der Waals surface area (Å²) in [5.41, 5.74) is -0.483. The molecular weight excluding hydrogens is 234 g/mol. The normalized spacial score (nSPS) is 24.6. The Morgan fingerprint density at radius 3 is 2.61 bits per heavy atom. The fraction of sp³-hybridized carbons (Fsp3) is 0.846. The van der Waals surface area contributed by atoms with Gasteiger partial charge in [-0.3, -0.25) is 4.79 Å². The van der Waals surface area contributed by atoms with E-state index in [4.69, 9.17) is 9.47 Å². The molecule has 1 aliphatic heterocycles. The van der Waals surface area contributed by atoms with Gasteiger partial charge in [-0.05, 0) is 40.5 Å². The molecule has 5 nitrogen and oxygen atoms in total. The predicted octanol–water partition coefficient (Wildman–Crippen LogP) is 2.20. The third-order valence-corrected chi connectivity index (χ3v) is 3.01. The van der Waals surface area contributed by atoms with Crippen LogP contribution < -0.4 is 0 Å². The molecule has 0 aromatic heterocycles. The average molecular weight is 257 g/mol. The molecule has 1 rings (SSSR count). The maximum absolute atomic E-state index is 12.0. The van der Waals surface area contributed by atoms with Crippen LogP contribution >= 0.6 is 0 Å². The lowest BCUT2D eigenvalue weighted by Gasteiger charge is -2.38. The largest absolute Gasteiger partial charge is 0.468 e. The van der Waals surface area contributed by atoms with Crippen molar-refractivity contribution >= 4 is 12.6 Å². The van der Waals surface area contributed by atoms with Crippen LogP contribution in [0.25, 0.3) is 0 Å². The molecule has 1 heterocycles. The maximum atomic E-state index is 12.0. The first-order chi connectivity index (χ1) is 8.33. The molecule has 2 atom stereocenters. The first-order valence-corrected chi connectivity index (χ1v) is 6.38. The van der Waals surface area contributed by atoms with Crippen molar-refractivity contribution in [1.29, 1.82) is 0 Å². The van der Waals surface area contributed by atoms with Gasteiger partial charge in [0.05, 0.1) is 6.61 Å². The molecule has 1 fully saturated rings. The van der Waals surface area contributed by atoms with Crippen LogP contribution in [-0.2, 0) is 14.3 Å². The number of hydrogen-bond acceptors (Lipinski definition) is 4. The third-order valence-electron chi connectivity index (χ3n) is 3.01. The van der Waals surface area contributed by atoms with Crippen LogP contribution in [0.15, 0.2) is 0 Å². The van der Waals surface area contributed by atoms with E-state index in [-0.39, 0.29) is 18.1 Å². The summed E-state index contributed by atoms with van der Waals surface area (Å²) in [4.78, 5) is 24.0. The van der Waals surface area contributed by atoms with Crippen LogP contribution in [0.4, 0.5) is 4.79 Å². The van der Waals surface area contributed by atoms with Crippen LogP contribution in [0.5, 0.6) is 0 Å². The first-order valence-electron chi connectivity index (χ1n) is 6.38. The van der Waals surface area contributed by atoms with E-state index in [1.165, 1.54) is 0 Å². The first kappa shape index (κ1) is 14.8. The molecule has 0 unspecified atom stereocenters. The minimum Gasteiger partial charge on any atom is -0.468 e. The summed E-state index contributed by atoms with van der Waals surface area (Å²) in [6, 6.07) is 0.173. The fourth-order valence-corrected chi connectivity index (χ4v) is 2.07. The Hall–Kier alpha value is -1.26. The van der Waals surface area contributed by atoms with Crippen molar-refractivity contribution in [3.05, 3.63) is 0 Å². The molecule has 0 aromatic rings. The molecule has 1 aliphatic rings. The second-order valence-electron chi connectivity index (χ2n) is 5.85. The quantitative estimate of drug-likeness (QED) is 0.727. The summed E-state index contributed by atoms with van der Waals surface area (Å²) in [6.45, 7) is 8.99. The highest BCUT2D eigenvalue weighted by Crippen LogP contribution is 2.24. The molecular formula is C13H23NO4. The molecule has 18 heavy (non-hydrogen) atoms. The lowest BCUT2D eigenvalue weighted by molar-refractivity contribution is -0.130. The molecule has 0 spiro atoms. The molecule has 0 N–H and O–H groups in total. The Morgan fingerprint density at radius 1 is 1.39 bits per heavy atom. The number of hydrogen-bond donors (Lipinski definition) is 0. The Labute approximate surface area is 108 Å². The van der Waals surface area contributed by atoms with Crippen molar-refractivity contribution in [2.45, 2.75) is 52.2 Å². The van der Waals surface area contributed by atoms with E-state index in [0.29, 0.717) is 19.6 Å². The van der Waals surface area contributed by atoms with Gasteiger partial charge in [-0.15, -0.1) is 0 Å². The fourth-order valence-electron chi connectivity index (χ4n) is 2.07. The standard InChI is InChI=1S/C13H23NO4/c1-10-5-6-11(8-17-9-15)7-14(10)12(16)18-13(2,3)4/h9-11H,5-8H2,1-4H3/t10-,11+/m1/s1. The van der Waals surface area contributed by atoms with E-state index < -0.39 is 5.60 Å². The lowest BCUT2D eigenvalue weighted by Crippen LogP contribution is -2.48. The van der Waals surface area contributed by atoms with E-state index in [9.17, 15) is 9.59 Å². The van der Waals surface area contributed by atoms with E-state index in [2.05, 4.69) is 0 Å². The highest BCUT2D eigenvalue weighted by atomic mass is 16.6. The Balaban J connectivity index is 2.56. The van der Waals surface area contributed by atoms with Crippen LogP contribution in [0, 0.1) is 5.92 Å². The van der Waals surface area contributed by atoms with Crippen LogP contribution in [0.3, 0.4) is 0 Å². The molecule has 0 aromatic carbocycles. The Kier molecular flexibility index (Phi) is 4.99. The topological polar surface area (TPSA) is 55.8 Å². The molecule has 104 valence electrons. The zero-order chi connectivity index (χ0) is 13.8. The summed E-state index contributed by atoms with van der Waals surface area (Å²) >= 11 is 0. The SMILES string of the molecule is C[C@@H]1CC[C@H](COC=O)CN1C(=O)OC(C)(C)C. The number of piperidine rings is 1. The minimum atomic E-state index is -0.483. The Morgan fingerprint density at radius 2 is 2.06 bits per heavy atom. The zero-order valence-corrected chi connectivity index (χ0v) is 11.6. The molecule has 1 amide bonds. The van der Waals surface area contributed by atoms with Gasteiger partial charge < -0.3 is 14.4 Å². The van der Waals surface area contributed by atoms with Gasteiger partial charge in [-0.2, -0.15) is 0 Å². The number of amides is 1. The molecule has 5 heteroatoms. The summed E-state index contributed by atoms with van der Waals surface area (Å²) < 4.78 is 10.2. The predicted molar refractivity (Wildman–Crippen MR) is 67.1 cm³/mol. The van der Waals surface area contributed by atoms with Crippen molar-refractivity contribution in [2.24, 2.45) is 5.92 Å². The second-order valence-corrected chi connectivity index (χ2v) is 5.85. The molecule has 0 bridgehead atoms. The Bertz CT molecular complexity index is 298. The number of nitrogens with zero attached hydrogens (tertiary/aromatic N) is 1. The smallest absolute Gasteiger partial charge is 0.410 e. The zero-order valence-electron chi connectivity index (χ0n) is 11.6. The third kappa shape index (κ3) is 4.55. The van der Waals surface area contributed by atoms with Gasteiger partial charge in [0.1, 0.15) is 5.60 Å². The van der Waals surface area contributed by atoms with Crippen molar-refractivity contribution in [3.63, 3.8) is 0 Å². The van der Waals surface area contributed by atoms with Gasteiger partial charge in [-0.25, -0.2) is 4.79 Å². The second kappa shape index (κ2) is 6.07. The van der Waals surface area contributed by atoms with Gasteiger partial charge in [0, 0.05) is 18.5 Å². The van der Waals surface area contributed by atoms with Gasteiger partial charge in [-0.1, -0.05) is 0 Å². The van der Waals surface area contributed by atoms with Crippen LogP contribution in [-0.4, -0.2) is 42.3 Å². The number of carbonyl (C=O) groups is 2. The van der Waals surface area contributed by atoms with Gasteiger partial charge in [0.2, 0.25) is 0 Å². The summed E-state index contributed by atoms with van der Waals surface area (Å²) in [5.74, 6) is 0.207. The summed E-state index contributed by atoms with van der Waals surface area (Å²) in [5, 5.41) is 0. The number of ether oxygens (including phenoxy) is 2. The van der Waals surface area contributed by atoms with Gasteiger partial charge >= 0.3 is 6.09 Å². The number of likely N-dealkylation sites (tertiary alicyclic amines) is 1. The van der Waals surface area contributed by atoms with E-state index in [1.807, 2.05) is 27.7 Å². The van der Waals surface area contributed by atoms with Crippen LogP contribution in [0.1, 0.15) is 40.5 Å². The van der Waals surface area contributed by atoms with Crippen molar-refractivity contribution < 1.29 is 19.1 Å². The average Bonchev–Trinajstić information content (AvgIpc) is 2.25. The molecule has 0 aliphatic carbocycles. The van der Waals surface area contributed by atoms with Gasteiger partial charge in [0.25, 0.3) is 6.47 Å². The molecule has 0 radical (unpaired) electrons. The van der Waals surface area contributed by atoms with Crippen molar-refractivity contribution in [1.82, 2.24) is 4.90 Å². The number of carbonyl (C=O) groups excluding carboxylic acids is 2. The lowest BCUT2D eigenvalue weighted by atomic mass is 9.94. The maximum Gasteiger partial charge on any atom is 0.410 e. The number of rotatable bonds is 3. The van der Waals surface area contributed by atoms with Gasteiger partial charge in [0.15, 0.2) is 0 Å². The van der Waals surface area contributed by atoms with Crippen LogP contribution in [0.2, 0.25) is 0 Å². The molecule has 0 saturated carbocycles. The molecule has 1 saturated heterocycles. The monoisotopic (exact) mass is 257 g/mol. The summed E-state index contributed by atoms with van der Waals surface area (Å²) in [7, 11) is 0. The minimum absolute atomic E-state index is 0.173. The van der Waals surface area contributed by atoms with E-state index in [1.54, 1.807) is 4.90 Å².